The highest BCUT2D eigenvalue weighted by molar-refractivity contribution is 6.31. The Balaban J connectivity index is 1.78. The molecule has 2 aliphatic heterocycles. The quantitative estimate of drug-likeness (QED) is 0.323. The molecule has 3 aromatic rings. The number of methoxy groups -OCH3 is 1. The topological polar surface area (TPSA) is 85.3 Å². The molecule has 0 aliphatic carbocycles. The third-order valence-electron chi connectivity index (χ3n) is 7.84. The molecule has 0 fully saturated rings. The van der Waals surface area contributed by atoms with Gasteiger partial charge in [-0.05, 0) is 112 Å². The number of carbonyl (C=O) groups excluding carboxylic acids is 1. The van der Waals surface area contributed by atoms with E-state index in [1.54, 1.807) is 50.8 Å². The van der Waals surface area contributed by atoms with Gasteiger partial charge in [-0.3, -0.25) is 4.79 Å². The van der Waals surface area contributed by atoms with Gasteiger partial charge >= 0.3 is 5.97 Å². The van der Waals surface area contributed by atoms with Gasteiger partial charge in [-0.2, -0.15) is 0 Å². The largest absolute Gasteiger partial charge is 0.496 e. The molecule has 1 atom stereocenters. The Morgan fingerprint density at radius 2 is 1.86 bits per heavy atom. The number of amides is 1. The van der Waals surface area contributed by atoms with Crippen LogP contribution in [0.5, 0.6) is 11.5 Å². The Bertz CT molecular complexity index is 1590. The monoisotopic (exact) mass is 595 g/mol. The smallest absolute Gasteiger partial charge is 0.337 e. The molecule has 0 radical (unpaired) electrons. The number of fused-ring (bicyclic) bond motifs is 2. The minimum Gasteiger partial charge on any atom is -0.496 e. The molecule has 1 N–H and O–H groups in total. The summed E-state index contributed by atoms with van der Waals surface area (Å²) in [6.45, 7) is 9.89. The number of nitrogens with zero attached hydrogens (tertiary/aromatic N) is 1. The summed E-state index contributed by atoms with van der Waals surface area (Å²) in [7, 11) is 1.49. The number of halogens is 2. The van der Waals surface area contributed by atoms with Crippen molar-refractivity contribution in [3.05, 3.63) is 74.6 Å². The maximum atomic E-state index is 15.6. The average Bonchev–Trinajstić information content (AvgIpc) is 3.35. The number of ether oxygens (including phenoxy) is 3. The van der Waals surface area contributed by atoms with Crippen molar-refractivity contribution in [1.29, 1.82) is 0 Å². The highest BCUT2D eigenvalue weighted by atomic mass is 35.5. The van der Waals surface area contributed by atoms with Crippen LogP contribution in [0.25, 0.3) is 11.1 Å². The van der Waals surface area contributed by atoms with E-state index in [1.165, 1.54) is 13.2 Å². The van der Waals surface area contributed by atoms with Crippen LogP contribution in [0.1, 0.15) is 71.5 Å². The van der Waals surface area contributed by atoms with Crippen molar-refractivity contribution < 1.29 is 33.3 Å². The first kappa shape index (κ1) is 29.9. The molecule has 0 spiro atoms. The first-order valence-electron chi connectivity index (χ1n) is 14.0. The standard InChI is InChI=1S/C33H35ClFNO6/c1-17-14-25-21(11-12-36(25)31(37)23-15-19(34)9-10-26(23)40-6)28(27(17)30(32(38)39)42-33(3,4)5)22-16-24(35)29-20(18(22)2)8-7-13-41-29/h9-10,14-16,30H,7-8,11-13H2,1-6H3,(H,38,39)/t30-/m0/s1. The molecule has 3 aromatic carbocycles. The number of hydrogen-bond acceptors (Lipinski definition) is 5. The van der Waals surface area contributed by atoms with Gasteiger partial charge in [0.05, 0.1) is 24.9 Å². The molecular weight excluding hydrogens is 561 g/mol. The summed E-state index contributed by atoms with van der Waals surface area (Å²) in [5, 5.41) is 10.8. The molecule has 42 heavy (non-hydrogen) atoms. The number of carbonyl (C=O) groups is 2. The lowest BCUT2D eigenvalue weighted by molar-refractivity contribution is -0.160. The first-order valence-corrected chi connectivity index (χ1v) is 14.4. The summed E-state index contributed by atoms with van der Waals surface area (Å²) in [6, 6.07) is 8.13. The lowest BCUT2D eigenvalue weighted by Crippen LogP contribution is -2.30. The Labute approximate surface area is 250 Å². The SMILES string of the molecule is COc1ccc(Cl)cc1C(=O)N1CCc2c1cc(C)c([C@H](OC(C)(C)C)C(=O)O)c2-c1cc(F)c2c(c1C)CCCO2. The Morgan fingerprint density at radius 3 is 2.52 bits per heavy atom. The molecule has 7 nitrogen and oxygen atoms in total. The van der Waals surface area contributed by atoms with Crippen molar-refractivity contribution in [3.63, 3.8) is 0 Å². The molecule has 2 aliphatic rings. The second kappa shape index (κ2) is 11.2. The van der Waals surface area contributed by atoms with E-state index in [-0.39, 0.29) is 11.7 Å². The van der Waals surface area contributed by atoms with E-state index in [9.17, 15) is 14.7 Å². The predicted octanol–water partition coefficient (Wildman–Crippen LogP) is 7.24. The summed E-state index contributed by atoms with van der Waals surface area (Å²) < 4.78 is 32.9. The van der Waals surface area contributed by atoms with E-state index in [4.69, 9.17) is 25.8 Å². The van der Waals surface area contributed by atoms with Crippen LogP contribution in [0.2, 0.25) is 5.02 Å². The zero-order valence-corrected chi connectivity index (χ0v) is 25.4. The zero-order chi connectivity index (χ0) is 30.5. The number of carboxylic acids is 1. The number of benzene rings is 3. The normalized spacial score (nSPS) is 15.1. The molecule has 5 rings (SSSR count). The van der Waals surface area contributed by atoms with Gasteiger partial charge in [-0.15, -0.1) is 0 Å². The van der Waals surface area contributed by atoms with Gasteiger partial charge in [0, 0.05) is 28.4 Å². The number of rotatable bonds is 6. The Morgan fingerprint density at radius 1 is 1.12 bits per heavy atom. The van der Waals surface area contributed by atoms with Crippen LogP contribution in [-0.4, -0.2) is 42.8 Å². The van der Waals surface area contributed by atoms with Gasteiger partial charge in [0.1, 0.15) is 5.75 Å². The second-order valence-corrected chi connectivity index (χ2v) is 12.2. The molecule has 0 aromatic heterocycles. The van der Waals surface area contributed by atoms with E-state index >= 15 is 4.39 Å². The van der Waals surface area contributed by atoms with Crippen LogP contribution in [0.4, 0.5) is 10.1 Å². The fourth-order valence-electron chi connectivity index (χ4n) is 6.05. The highest BCUT2D eigenvalue weighted by Crippen LogP contribution is 2.48. The molecule has 9 heteroatoms. The summed E-state index contributed by atoms with van der Waals surface area (Å²) in [6.07, 6.45) is 0.514. The fraction of sp³-hybridized carbons (Fsp3) is 0.394. The number of carboxylic acid groups (broad SMARTS) is 1. The molecular formula is C33H35ClFNO6. The Hall–Kier alpha value is -3.62. The fourth-order valence-corrected chi connectivity index (χ4v) is 6.22. The highest BCUT2D eigenvalue weighted by Gasteiger charge is 2.37. The lowest BCUT2D eigenvalue weighted by atomic mass is 9.83. The molecule has 2 heterocycles. The van der Waals surface area contributed by atoms with Crippen molar-refractivity contribution in [2.45, 2.75) is 65.6 Å². The minimum atomic E-state index is -1.32. The first-order chi connectivity index (χ1) is 19.8. The van der Waals surface area contributed by atoms with Gasteiger partial charge in [-0.25, -0.2) is 9.18 Å². The van der Waals surface area contributed by atoms with Gasteiger partial charge in [0.2, 0.25) is 0 Å². The molecule has 0 unspecified atom stereocenters. The van der Waals surface area contributed by atoms with Crippen LogP contribution in [0.3, 0.4) is 0 Å². The van der Waals surface area contributed by atoms with Crippen LogP contribution >= 0.6 is 11.6 Å². The summed E-state index contributed by atoms with van der Waals surface area (Å²) in [5.41, 5.74) is 4.74. The number of hydrogen-bond donors (Lipinski definition) is 1. The van der Waals surface area contributed by atoms with Gasteiger partial charge < -0.3 is 24.2 Å². The van der Waals surface area contributed by atoms with Gasteiger partial charge in [0.15, 0.2) is 17.7 Å². The van der Waals surface area contributed by atoms with Crippen molar-refractivity contribution >= 4 is 29.2 Å². The molecule has 0 saturated carbocycles. The number of anilines is 1. The van der Waals surface area contributed by atoms with E-state index < -0.39 is 23.5 Å². The number of aliphatic carboxylic acids is 1. The molecule has 0 saturated heterocycles. The second-order valence-electron chi connectivity index (χ2n) is 11.8. The average molecular weight is 596 g/mol. The van der Waals surface area contributed by atoms with Crippen molar-refractivity contribution in [2.24, 2.45) is 0 Å². The van der Waals surface area contributed by atoms with Crippen LogP contribution in [0.15, 0.2) is 30.3 Å². The third-order valence-corrected chi connectivity index (χ3v) is 8.07. The van der Waals surface area contributed by atoms with E-state index in [1.807, 2.05) is 13.0 Å². The van der Waals surface area contributed by atoms with Crippen molar-refractivity contribution in [3.8, 4) is 22.6 Å². The Kier molecular flexibility index (Phi) is 7.98. The maximum absolute atomic E-state index is 15.6. The summed E-state index contributed by atoms with van der Waals surface area (Å²) >= 11 is 6.24. The predicted molar refractivity (Wildman–Crippen MR) is 160 cm³/mol. The minimum absolute atomic E-state index is 0.249. The zero-order valence-electron chi connectivity index (χ0n) is 24.7. The third kappa shape index (κ3) is 5.34. The van der Waals surface area contributed by atoms with Crippen LogP contribution < -0.4 is 14.4 Å². The van der Waals surface area contributed by atoms with Crippen molar-refractivity contribution in [2.75, 3.05) is 25.2 Å². The molecule has 1 amide bonds. The maximum Gasteiger partial charge on any atom is 0.337 e. The van der Waals surface area contributed by atoms with Crippen molar-refractivity contribution in [1.82, 2.24) is 0 Å². The number of aryl methyl sites for hydroxylation is 1. The molecule has 222 valence electrons. The summed E-state index contributed by atoms with van der Waals surface area (Å²) in [4.78, 5) is 28.3. The molecule has 0 bridgehead atoms. The lowest BCUT2D eigenvalue weighted by Gasteiger charge is -2.30. The van der Waals surface area contributed by atoms with Crippen LogP contribution in [0, 0.1) is 19.7 Å². The summed E-state index contributed by atoms with van der Waals surface area (Å²) in [5.74, 6) is -1.30. The van der Waals surface area contributed by atoms with E-state index in [0.29, 0.717) is 70.3 Å². The van der Waals surface area contributed by atoms with E-state index in [0.717, 1.165) is 23.1 Å². The van der Waals surface area contributed by atoms with Crippen LogP contribution in [-0.2, 0) is 22.4 Å². The van der Waals surface area contributed by atoms with Gasteiger partial charge in [-0.1, -0.05) is 11.6 Å². The van der Waals surface area contributed by atoms with Gasteiger partial charge in [0.25, 0.3) is 5.91 Å². The van der Waals surface area contributed by atoms with E-state index in [2.05, 4.69) is 0 Å².